The Morgan fingerprint density at radius 3 is 2.71 bits per heavy atom. The van der Waals surface area contributed by atoms with Crippen molar-refractivity contribution in [1.29, 1.82) is 0 Å². The summed E-state index contributed by atoms with van der Waals surface area (Å²) in [6, 6.07) is 16.1. The molecule has 5 heteroatoms. The van der Waals surface area contributed by atoms with Crippen molar-refractivity contribution in [2.24, 2.45) is 0 Å². The molecule has 0 atom stereocenters. The summed E-state index contributed by atoms with van der Waals surface area (Å²) < 4.78 is 0. The average Bonchev–Trinajstić information content (AvgIpc) is 3.17. The molecule has 0 saturated heterocycles. The second-order valence-corrected chi connectivity index (χ2v) is 6.72. The summed E-state index contributed by atoms with van der Waals surface area (Å²) in [5.74, 6) is 0.465. The second kappa shape index (κ2) is 6.45. The van der Waals surface area contributed by atoms with E-state index in [1.807, 2.05) is 29.8 Å². The normalized spacial score (nSPS) is 13.4. The Balaban J connectivity index is 1.46. The molecule has 1 amide bonds. The smallest absolute Gasteiger partial charge is 0.266 e. The van der Waals surface area contributed by atoms with Crippen LogP contribution in [0.3, 0.4) is 0 Å². The molecule has 24 heavy (non-hydrogen) atoms. The van der Waals surface area contributed by atoms with Crippen LogP contribution >= 0.6 is 11.3 Å². The minimum absolute atomic E-state index is 0.114. The number of nitrogens with zero attached hydrogens (tertiary/aromatic N) is 2. The van der Waals surface area contributed by atoms with Gasteiger partial charge in [-0.25, -0.2) is 4.98 Å². The van der Waals surface area contributed by atoms with Crippen LogP contribution in [0.2, 0.25) is 0 Å². The maximum atomic E-state index is 12.0. The number of fused-ring (bicyclic) bond motifs is 1. The number of hydrogen-bond acceptors (Lipinski definition) is 4. The number of rotatable bonds is 3. The minimum Gasteiger partial charge on any atom is -0.366 e. The second-order valence-electron chi connectivity index (χ2n) is 5.77. The Morgan fingerprint density at radius 1 is 1.08 bits per heavy atom. The van der Waals surface area contributed by atoms with Crippen LogP contribution in [-0.2, 0) is 13.0 Å². The first kappa shape index (κ1) is 14.9. The number of amides is 1. The van der Waals surface area contributed by atoms with Crippen molar-refractivity contribution in [3.63, 3.8) is 0 Å². The van der Waals surface area contributed by atoms with Crippen molar-refractivity contribution in [2.75, 3.05) is 16.8 Å². The van der Waals surface area contributed by atoms with Gasteiger partial charge in [-0.05, 0) is 41.1 Å². The molecule has 1 N–H and O–H groups in total. The maximum Gasteiger partial charge on any atom is 0.266 e. The lowest BCUT2D eigenvalue weighted by molar-refractivity contribution is 0.103. The fourth-order valence-electron chi connectivity index (χ4n) is 2.95. The number of aromatic nitrogens is 1. The molecule has 4 nitrogen and oxygen atoms in total. The van der Waals surface area contributed by atoms with E-state index in [2.05, 4.69) is 39.5 Å². The van der Waals surface area contributed by atoms with E-state index in [9.17, 15) is 4.79 Å². The third kappa shape index (κ3) is 3.03. The highest BCUT2D eigenvalue weighted by Gasteiger charge is 2.16. The highest BCUT2D eigenvalue weighted by Crippen LogP contribution is 2.24. The van der Waals surface area contributed by atoms with Gasteiger partial charge in [0, 0.05) is 13.1 Å². The predicted molar refractivity (Wildman–Crippen MR) is 97.7 cm³/mol. The highest BCUT2D eigenvalue weighted by atomic mass is 32.1. The van der Waals surface area contributed by atoms with Crippen molar-refractivity contribution < 1.29 is 4.79 Å². The van der Waals surface area contributed by atoms with E-state index in [0.717, 1.165) is 25.2 Å². The van der Waals surface area contributed by atoms with Crippen molar-refractivity contribution in [1.82, 2.24) is 4.98 Å². The number of carbonyl (C=O) groups is 1. The number of nitrogens with one attached hydrogen (secondary N) is 1. The summed E-state index contributed by atoms with van der Waals surface area (Å²) in [7, 11) is 0. The van der Waals surface area contributed by atoms with Crippen LogP contribution in [0.1, 0.15) is 20.8 Å². The lowest BCUT2D eigenvalue weighted by Crippen LogP contribution is -2.30. The zero-order valence-electron chi connectivity index (χ0n) is 13.1. The summed E-state index contributed by atoms with van der Waals surface area (Å²) in [5, 5.41) is 4.72. The monoisotopic (exact) mass is 335 g/mol. The van der Waals surface area contributed by atoms with E-state index in [1.165, 1.54) is 22.5 Å². The van der Waals surface area contributed by atoms with Crippen molar-refractivity contribution in [2.45, 2.75) is 13.0 Å². The van der Waals surface area contributed by atoms with Crippen LogP contribution in [-0.4, -0.2) is 17.4 Å². The van der Waals surface area contributed by atoms with Gasteiger partial charge in [-0.1, -0.05) is 30.3 Å². The van der Waals surface area contributed by atoms with E-state index in [1.54, 1.807) is 6.07 Å². The minimum atomic E-state index is -0.114. The number of pyridine rings is 1. The molecule has 0 saturated carbocycles. The van der Waals surface area contributed by atoms with E-state index in [0.29, 0.717) is 10.7 Å². The van der Waals surface area contributed by atoms with Gasteiger partial charge in [0.25, 0.3) is 5.91 Å². The zero-order valence-corrected chi connectivity index (χ0v) is 13.9. The Bertz CT molecular complexity index is 843. The van der Waals surface area contributed by atoms with Gasteiger partial charge >= 0.3 is 0 Å². The Labute approximate surface area is 144 Å². The molecule has 0 fully saturated rings. The first-order valence-corrected chi connectivity index (χ1v) is 8.80. The maximum absolute atomic E-state index is 12.0. The summed E-state index contributed by atoms with van der Waals surface area (Å²) >= 11 is 1.42. The number of anilines is 2. The molecule has 3 heterocycles. The average molecular weight is 335 g/mol. The molecule has 0 spiro atoms. The molecule has 3 aromatic rings. The quantitative estimate of drug-likeness (QED) is 0.788. The third-order valence-corrected chi connectivity index (χ3v) is 5.10. The van der Waals surface area contributed by atoms with Gasteiger partial charge in [0.05, 0.1) is 16.8 Å². The first-order valence-electron chi connectivity index (χ1n) is 7.92. The largest absolute Gasteiger partial charge is 0.366 e. The lowest BCUT2D eigenvalue weighted by Gasteiger charge is -2.30. The van der Waals surface area contributed by atoms with Crippen LogP contribution in [0, 0.1) is 0 Å². The number of thiophene rings is 1. The fraction of sp³-hybridized carbons (Fsp3) is 0.158. The molecule has 1 aliphatic heterocycles. The van der Waals surface area contributed by atoms with E-state index in [-0.39, 0.29) is 5.91 Å². The molecule has 0 unspecified atom stereocenters. The molecular formula is C19H17N3OS. The molecule has 1 aliphatic rings. The van der Waals surface area contributed by atoms with E-state index in [4.69, 9.17) is 0 Å². The van der Waals surface area contributed by atoms with Gasteiger partial charge in [0.2, 0.25) is 0 Å². The number of benzene rings is 1. The predicted octanol–water partition coefficient (Wildman–Crippen LogP) is 3.96. The Kier molecular flexibility index (Phi) is 4.01. The number of hydrogen-bond donors (Lipinski definition) is 1. The van der Waals surface area contributed by atoms with Gasteiger partial charge in [-0.15, -0.1) is 11.3 Å². The van der Waals surface area contributed by atoms with Crippen LogP contribution in [0.25, 0.3) is 0 Å². The molecular weight excluding hydrogens is 318 g/mol. The molecule has 120 valence electrons. The fourth-order valence-corrected chi connectivity index (χ4v) is 3.57. The van der Waals surface area contributed by atoms with Crippen LogP contribution in [0.5, 0.6) is 0 Å². The van der Waals surface area contributed by atoms with Gasteiger partial charge in [0.1, 0.15) is 5.82 Å². The SMILES string of the molecule is O=C(Nc1ccc(N2CCc3ccccc3C2)cn1)c1cccs1. The molecule has 2 aromatic heterocycles. The van der Waals surface area contributed by atoms with Gasteiger partial charge < -0.3 is 10.2 Å². The van der Waals surface area contributed by atoms with E-state index >= 15 is 0 Å². The summed E-state index contributed by atoms with van der Waals surface area (Å²) in [6.45, 7) is 1.89. The molecule has 4 rings (SSSR count). The van der Waals surface area contributed by atoms with Crippen molar-refractivity contribution in [3.05, 3.63) is 76.1 Å². The van der Waals surface area contributed by atoms with E-state index < -0.39 is 0 Å². The lowest BCUT2D eigenvalue weighted by atomic mass is 10.00. The molecule has 0 radical (unpaired) electrons. The summed E-state index contributed by atoms with van der Waals surface area (Å²) in [4.78, 5) is 19.4. The molecule has 0 bridgehead atoms. The first-order chi connectivity index (χ1) is 11.8. The van der Waals surface area contributed by atoms with Crippen molar-refractivity contribution in [3.8, 4) is 0 Å². The van der Waals surface area contributed by atoms with Gasteiger partial charge in [0.15, 0.2) is 0 Å². The molecule has 1 aromatic carbocycles. The summed E-state index contributed by atoms with van der Waals surface area (Å²) in [5.41, 5.74) is 3.89. The standard InChI is InChI=1S/C19H17N3OS/c23-19(17-6-3-11-24-17)21-18-8-7-16(12-20-18)22-10-9-14-4-1-2-5-15(14)13-22/h1-8,11-12H,9-10,13H2,(H,20,21,23). The van der Waals surface area contributed by atoms with Crippen LogP contribution in [0.15, 0.2) is 60.1 Å². The van der Waals surface area contributed by atoms with Crippen LogP contribution < -0.4 is 10.2 Å². The number of carbonyl (C=O) groups excluding carboxylic acids is 1. The zero-order chi connectivity index (χ0) is 16.4. The van der Waals surface area contributed by atoms with Crippen LogP contribution in [0.4, 0.5) is 11.5 Å². The Hall–Kier alpha value is -2.66. The van der Waals surface area contributed by atoms with Gasteiger partial charge in [-0.2, -0.15) is 0 Å². The van der Waals surface area contributed by atoms with Gasteiger partial charge in [-0.3, -0.25) is 4.79 Å². The third-order valence-electron chi connectivity index (χ3n) is 4.23. The summed E-state index contributed by atoms with van der Waals surface area (Å²) in [6.07, 6.45) is 2.88. The highest BCUT2D eigenvalue weighted by molar-refractivity contribution is 7.12. The molecule has 0 aliphatic carbocycles. The Morgan fingerprint density at radius 2 is 1.96 bits per heavy atom. The van der Waals surface area contributed by atoms with Crippen molar-refractivity contribution >= 4 is 28.7 Å². The topological polar surface area (TPSA) is 45.2 Å².